The van der Waals surface area contributed by atoms with Gasteiger partial charge in [0, 0.05) is 24.6 Å². The molecule has 0 unspecified atom stereocenters. The van der Waals surface area contributed by atoms with E-state index in [1.54, 1.807) is 0 Å². The summed E-state index contributed by atoms with van der Waals surface area (Å²) in [6.07, 6.45) is 0.946. The van der Waals surface area contributed by atoms with Crippen LogP contribution >= 0.6 is 12.4 Å². The first-order valence-corrected chi connectivity index (χ1v) is 9.00. The summed E-state index contributed by atoms with van der Waals surface area (Å²) in [5, 5.41) is 0. The van der Waals surface area contributed by atoms with Crippen LogP contribution in [0.1, 0.15) is 35.2 Å². The fourth-order valence-electron chi connectivity index (χ4n) is 3.48. The van der Waals surface area contributed by atoms with Gasteiger partial charge >= 0.3 is 0 Å². The second-order valence-electron chi connectivity index (χ2n) is 6.60. The van der Waals surface area contributed by atoms with E-state index >= 15 is 0 Å². The van der Waals surface area contributed by atoms with Crippen molar-refractivity contribution in [1.29, 1.82) is 0 Å². The zero-order valence-electron chi connectivity index (χ0n) is 15.1. The molecule has 1 saturated heterocycles. The van der Waals surface area contributed by atoms with Crippen molar-refractivity contribution in [3.63, 3.8) is 0 Å². The maximum Gasteiger partial charge on any atom is 0.254 e. The van der Waals surface area contributed by atoms with Crippen LogP contribution in [0.4, 0.5) is 0 Å². The number of nitrogens with two attached hydrogens (primary N) is 1. The van der Waals surface area contributed by atoms with Crippen molar-refractivity contribution < 1.29 is 9.53 Å². The summed E-state index contributed by atoms with van der Waals surface area (Å²) in [6, 6.07) is 17.8. The summed E-state index contributed by atoms with van der Waals surface area (Å²) in [4.78, 5) is 14.9. The van der Waals surface area contributed by atoms with Crippen LogP contribution in [0.2, 0.25) is 0 Å². The van der Waals surface area contributed by atoms with Crippen molar-refractivity contribution in [2.45, 2.75) is 19.3 Å². The van der Waals surface area contributed by atoms with E-state index in [0.29, 0.717) is 43.6 Å². The Morgan fingerprint density at radius 1 is 1.15 bits per heavy atom. The van der Waals surface area contributed by atoms with E-state index < -0.39 is 0 Å². The molecule has 2 atom stereocenters. The van der Waals surface area contributed by atoms with Gasteiger partial charge in [0.15, 0.2) is 0 Å². The number of carbonyl (C=O) groups excluding carboxylic acids is 1. The number of halogens is 1. The van der Waals surface area contributed by atoms with Gasteiger partial charge in [-0.3, -0.25) is 4.79 Å². The Kier molecular flexibility index (Phi) is 7.49. The van der Waals surface area contributed by atoms with Crippen molar-refractivity contribution >= 4 is 18.3 Å². The number of nitrogens with zero attached hydrogens (tertiary/aromatic N) is 1. The highest BCUT2D eigenvalue weighted by Gasteiger charge is 2.35. The number of amides is 1. The van der Waals surface area contributed by atoms with Gasteiger partial charge < -0.3 is 15.4 Å². The van der Waals surface area contributed by atoms with E-state index in [-0.39, 0.29) is 18.3 Å². The van der Waals surface area contributed by atoms with Crippen molar-refractivity contribution in [2.75, 3.05) is 26.2 Å². The van der Waals surface area contributed by atoms with Gasteiger partial charge in [0.25, 0.3) is 5.91 Å². The fraction of sp³-hybridized carbons (Fsp3) is 0.381. The molecule has 1 heterocycles. The van der Waals surface area contributed by atoms with Crippen molar-refractivity contribution in [3.05, 3.63) is 65.7 Å². The Morgan fingerprint density at radius 3 is 2.62 bits per heavy atom. The maximum atomic E-state index is 12.9. The van der Waals surface area contributed by atoms with Crippen LogP contribution in [-0.2, 0) is 0 Å². The number of hydrogen-bond donors (Lipinski definition) is 1. The van der Waals surface area contributed by atoms with Crippen LogP contribution in [0.5, 0.6) is 5.75 Å². The molecule has 0 aliphatic carbocycles. The van der Waals surface area contributed by atoms with Gasteiger partial charge in [0.2, 0.25) is 0 Å². The highest BCUT2D eigenvalue weighted by molar-refractivity contribution is 5.94. The molecule has 26 heavy (non-hydrogen) atoms. The lowest BCUT2D eigenvalue weighted by atomic mass is 9.89. The SMILES string of the molecule is CCCOc1cccc(C(=O)N2C[C@@H](CN)[C@H](c3ccccc3)C2)c1.Cl. The quantitative estimate of drug-likeness (QED) is 0.838. The molecule has 2 aromatic rings. The van der Waals surface area contributed by atoms with Gasteiger partial charge in [-0.1, -0.05) is 43.3 Å². The third-order valence-corrected chi connectivity index (χ3v) is 4.81. The molecular formula is C21H27ClN2O2. The lowest BCUT2D eigenvalue weighted by molar-refractivity contribution is 0.0786. The smallest absolute Gasteiger partial charge is 0.254 e. The summed E-state index contributed by atoms with van der Waals surface area (Å²) in [6.45, 7) is 4.73. The highest BCUT2D eigenvalue weighted by Crippen LogP contribution is 2.33. The number of carbonyl (C=O) groups is 1. The average Bonchev–Trinajstić information content (AvgIpc) is 3.11. The third-order valence-electron chi connectivity index (χ3n) is 4.81. The second-order valence-corrected chi connectivity index (χ2v) is 6.60. The number of hydrogen-bond acceptors (Lipinski definition) is 3. The van der Waals surface area contributed by atoms with E-state index in [1.807, 2.05) is 47.4 Å². The van der Waals surface area contributed by atoms with Gasteiger partial charge in [0.1, 0.15) is 5.75 Å². The third kappa shape index (κ3) is 4.57. The molecule has 0 aromatic heterocycles. The lowest BCUT2D eigenvalue weighted by Gasteiger charge is -2.17. The van der Waals surface area contributed by atoms with Crippen LogP contribution < -0.4 is 10.5 Å². The molecule has 0 saturated carbocycles. The van der Waals surface area contributed by atoms with Crippen molar-refractivity contribution in [1.82, 2.24) is 4.90 Å². The van der Waals surface area contributed by atoms with Gasteiger partial charge in [0.05, 0.1) is 6.61 Å². The first-order valence-electron chi connectivity index (χ1n) is 9.00. The first-order chi connectivity index (χ1) is 12.2. The normalized spacial score (nSPS) is 19.1. The van der Waals surface area contributed by atoms with E-state index in [1.165, 1.54) is 5.56 Å². The molecule has 5 heteroatoms. The predicted molar refractivity (Wildman–Crippen MR) is 107 cm³/mol. The zero-order valence-corrected chi connectivity index (χ0v) is 16.0. The second kappa shape index (κ2) is 9.60. The molecule has 4 nitrogen and oxygen atoms in total. The number of rotatable bonds is 6. The number of ether oxygens (including phenoxy) is 1. The standard InChI is InChI=1S/C21H26N2O2.ClH/c1-2-11-25-19-10-6-9-17(12-19)21(24)23-14-18(13-22)20(15-23)16-7-4-3-5-8-16;/h3-10,12,18,20H,2,11,13-15,22H2,1H3;1H/t18-,20+;/m1./s1. The molecule has 140 valence electrons. The van der Waals surface area contributed by atoms with E-state index in [2.05, 4.69) is 19.1 Å². The van der Waals surface area contributed by atoms with Gasteiger partial charge in [-0.2, -0.15) is 0 Å². The van der Waals surface area contributed by atoms with Crippen LogP contribution in [0.3, 0.4) is 0 Å². The minimum atomic E-state index is 0. The molecule has 1 aliphatic heterocycles. The van der Waals surface area contributed by atoms with E-state index in [4.69, 9.17) is 10.5 Å². The summed E-state index contributed by atoms with van der Waals surface area (Å²) < 4.78 is 5.65. The molecular weight excluding hydrogens is 348 g/mol. The predicted octanol–water partition coefficient (Wildman–Crippen LogP) is 3.71. The maximum absolute atomic E-state index is 12.9. The Bertz CT molecular complexity index is 708. The van der Waals surface area contributed by atoms with Crippen molar-refractivity contribution in [2.24, 2.45) is 11.7 Å². The first kappa shape index (κ1) is 20.3. The van der Waals surface area contributed by atoms with Gasteiger partial charge in [-0.15, -0.1) is 12.4 Å². The molecule has 1 fully saturated rings. The van der Waals surface area contributed by atoms with Crippen LogP contribution in [-0.4, -0.2) is 37.0 Å². The Hall–Kier alpha value is -2.04. The Morgan fingerprint density at radius 2 is 1.92 bits per heavy atom. The molecule has 0 radical (unpaired) electrons. The number of benzene rings is 2. The minimum absolute atomic E-state index is 0. The fourth-order valence-corrected chi connectivity index (χ4v) is 3.48. The van der Waals surface area contributed by atoms with Gasteiger partial charge in [-0.05, 0) is 42.6 Å². The molecule has 0 spiro atoms. The van der Waals surface area contributed by atoms with E-state index in [0.717, 1.165) is 12.2 Å². The molecule has 1 aliphatic rings. The molecule has 0 bridgehead atoms. The lowest BCUT2D eigenvalue weighted by Crippen LogP contribution is -2.29. The zero-order chi connectivity index (χ0) is 17.6. The summed E-state index contributed by atoms with van der Waals surface area (Å²) in [5.74, 6) is 1.40. The van der Waals surface area contributed by atoms with Crippen LogP contribution in [0.25, 0.3) is 0 Å². The van der Waals surface area contributed by atoms with Crippen molar-refractivity contribution in [3.8, 4) is 5.75 Å². The summed E-state index contributed by atoms with van der Waals surface area (Å²) in [7, 11) is 0. The van der Waals surface area contributed by atoms with Crippen LogP contribution in [0.15, 0.2) is 54.6 Å². The van der Waals surface area contributed by atoms with Crippen LogP contribution in [0, 0.1) is 5.92 Å². The number of likely N-dealkylation sites (tertiary alicyclic amines) is 1. The monoisotopic (exact) mass is 374 g/mol. The van der Waals surface area contributed by atoms with E-state index in [9.17, 15) is 4.79 Å². The largest absolute Gasteiger partial charge is 0.494 e. The van der Waals surface area contributed by atoms with Gasteiger partial charge in [-0.25, -0.2) is 0 Å². The Labute approximate surface area is 161 Å². The average molecular weight is 375 g/mol. The summed E-state index contributed by atoms with van der Waals surface area (Å²) >= 11 is 0. The molecule has 2 aromatic carbocycles. The molecule has 1 amide bonds. The molecule has 3 rings (SSSR count). The molecule has 2 N–H and O–H groups in total. The summed E-state index contributed by atoms with van der Waals surface area (Å²) in [5.41, 5.74) is 7.92. The Balaban J connectivity index is 0.00000243. The minimum Gasteiger partial charge on any atom is -0.494 e. The topological polar surface area (TPSA) is 55.6 Å². The highest BCUT2D eigenvalue weighted by atomic mass is 35.5.